The van der Waals surface area contributed by atoms with Crippen LogP contribution in [0.15, 0.2) is 24.3 Å². The van der Waals surface area contributed by atoms with Crippen LogP contribution in [0.5, 0.6) is 5.75 Å². The molecule has 1 aromatic rings. The molecular formula is C16H10F15NO2. The maximum Gasteiger partial charge on any atom is 0.460 e. The van der Waals surface area contributed by atoms with Crippen molar-refractivity contribution in [1.29, 1.82) is 0 Å². The Bertz CT molecular complexity index is 877. The third kappa shape index (κ3) is 4.42. The van der Waals surface area contributed by atoms with E-state index in [2.05, 4.69) is 0 Å². The third-order valence-corrected chi connectivity index (χ3v) is 4.25. The largest absolute Gasteiger partial charge is 0.508 e. The summed E-state index contributed by atoms with van der Waals surface area (Å²) < 4.78 is 196. The Morgan fingerprint density at radius 3 is 1.44 bits per heavy atom. The molecule has 0 aromatic heterocycles. The predicted molar refractivity (Wildman–Crippen MR) is 80.6 cm³/mol. The molecule has 0 aliphatic carbocycles. The van der Waals surface area contributed by atoms with E-state index < -0.39 is 60.6 Å². The van der Waals surface area contributed by atoms with Crippen LogP contribution in [0.25, 0.3) is 0 Å². The summed E-state index contributed by atoms with van der Waals surface area (Å²) in [6, 6.07) is 4.26. The van der Waals surface area contributed by atoms with Crippen LogP contribution in [0.3, 0.4) is 0 Å². The Hall–Kier alpha value is -2.56. The number of hydrogen-bond donors (Lipinski definition) is 2. The lowest BCUT2D eigenvalue weighted by Crippen LogP contribution is -2.74. The van der Waals surface area contributed by atoms with Gasteiger partial charge in [-0.15, -0.1) is 0 Å². The van der Waals surface area contributed by atoms with Gasteiger partial charge in [0.2, 0.25) is 0 Å². The molecule has 3 nitrogen and oxygen atoms in total. The molecule has 34 heavy (non-hydrogen) atoms. The van der Waals surface area contributed by atoms with Crippen LogP contribution in [0, 0.1) is 0 Å². The molecule has 1 amide bonds. The van der Waals surface area contributed by atoms with Crippen molar-refractivity contribution in [3.63, 3.8) is 0 Å². The average Bonchev–Trinajstić information content (AvgIpc) is 2.67. The zero-order valence-corrected chi connectivity index (χ0v) is 15.7. The minimum Gasteiger partial charge on any atom is -0.508 e. The topological polar surface area (TPSA) is 49.3 Å². The van der Waals surface area contributed by atoms with Gasteiger partial charge in [0.05, 0.1) is 0 Å². The van der Waals surface area contributed by atoms with Gasteiger partial charge in [-0.25, -0.2) is 0 Å². The number of hydrogen-bond acceptors (Lipinski definition) is 2. The Kier molecular flexibility index (Phi) is 7.44. The standard InChI is InChI=1S/C16H10F15NO2/c17-10(18,9(34)32-6-5-7-1-3-8(33)4-2-7)11(19,20)12(21,22)13(23,24)14(25,26)15(27,28)16(29,30)31/h1-4,33H,5-6H2,(H,32,34). The van der Waals surface area contributed by atoms with Crippen molar-refractivity contribution in [2.75, 3.05) is 6.54 Å². The summed E-state index contributed by atoms with van der Waals surface area (Å²) in [5.74, 6) is -51.8. The maximum absolute atomic E-state index is 13.7. The van der Waals surface area contributed by atoms with Gasteiger partial charge in [-0.2, -0.15) is 65.9 Å². The van der Waals surface area contributed by atoms with Gasteiger partial charge in [0.15, 0.2) is 0 Å². The molecule has 0 atom stereocenters. The number of phenolic OH excluding ortho intramolecular Hbond substituents is 1. The van der Waals surface area contributed by atoms with Crippen molar-refractivity contribution in [2.24, 2.45) is 0 Å². The second-order valence-corrected chi connectivity index (χ2v) is 6.62. The van der Waals surface area contributed by atoms with Crippen molar-refractivity contribution in [2.45, 2.75) is 48.1 Å². The summed E-state index contributed by atoms with van der Waals surface area (Å²) >= 11 is 0. The van der Waals surface area contributed by atoms with Crippen molar-refractivity contribution in [3.05, 3.63) is 29.8 Å². The van der Waals surface area contributed by atoms with Crippen molar-refractivity contribution < 1.29 is 75.8 Å². The van der Waals surface area contributed by atoms with E-state index in [1.165, 1.54) is 0 Å². The van der Waals surface area contributed by atoms with Crippen LogP contribution in [-0.4, -0.2) is 59.3 Å². The van der Waals surface area contributed by atoms with Gasteiger partial charge in [-0.05, 0) is 24.1 Å². The predicted octanol–water partition coefficient (Wildman–Crippen LogP) is 5.43. The van der Waals surface area contributed by atoms with Crippen LogP contribution in [0.4, 0.5) is 65.9 Å². The molecular weight excluding hydrogens is 523 g/mol. The second kappa shape index (κ2) is 8.58. The molecule has 196 valence electrons. The third-order valence-electron chi connectivity index (χ3n) is 4.25. The first kappa shape index (κ1) is 29.5. The highest BCUT2D eigenvalue weighted by atomic mass is 19.4. The number of aromatic hydroxyl groups is 1. The summed E-state index contributed by atoms with van der Waals surface area (Å²) in [6.07, 6.45) is -8.21. The van der Waals surface area contributed by atoms with Gasteiger partial charge in [0, 0.05) is 6.54 Å². The molecule has 0 radical (unpaired) electrons. The number of rotatable bonds is 9. The first-order chi connectivity index (χ1) is 14.9. The van der Waals surface area contributed by atoms with E-state index in [4.69, 9.17) is 5.11 Å². The van der Waals surface area contributed by atoms with E-state index in [0.717, 1.165) is 29.6 Å². The zero-order valence-electron chi connectivity index (χ0n) is 15.7. The smallest absolute Gasteiger partial charge is 0.460 e. The van der Waals surface area contributed by atoms with Crippen molar-refractivity contribution >= 4 is 5.91 Å². The lowest BCUT2D eigenvalue weighted by atomic mass is 9.91. The van der Waals surface area contributed by atoms with Gasteiger partial charge < -0.3 is 10.4 Å². The minimum absolute atomic E-state index is 0.110. The molecule has 18 heteroatoms. The second-order valence-electron chi connectivity index (χ2n) is 6.62. The van der Waals surface area contributed by atoms with Crippen LogP contribution in [0.2, 0.25) is 0 Å². The fraction of sp³-hybridized carbons (Fsp3) is 0.562. The molecule has 1 aromatic carbocycles. The van der Waals surface area contributed by atoms with Crippen molar-refractivity contribution in [1.82, 2.24) is 5.32 Å². The average molecular weight is 533 g/mol. The molecule has 0 bridgehead atoms. The van der Waals surface area contributed by atoms with Crippen LogP contribution < -0.4 is 5.32 Å². The highest BCUT2D eigenvalue weighted by Gasteiger charge is 2.94. The maximum atomic E-state index is 13.7. The van der Waals surface area contributed by atoms with Crippen LogP contribution in [0.1, 0.15) is 5.56 Å². The summed E-state index contributed by atoms with van der Waals surface area (Å²) in [4.78, 5) is 11.3. The van der Waals surface area contributed by atoms with Gasteiger partial charge in [-0.1, -0.05) is 12.1 Å². The number of alkyl halides is 15. The van der Waals surface area contributed by atoms with Gasteiger partial charge in [0.25, 0.3) is 5.91 Å². The van der Waals surface area contributed by atoms with Crippen LogP contribution >= 0.6 is 0 Å². The molecule has 0 spiro atoms. The summed E-state index contributed by atoms with van der Waals surface area (Å²) in [5, 5.41) is 9.90. The monoisotopic (exact) mass is 533 g/mol. The Morgan fingerprint density at radius 2 is 1.03 bits per heavy atom. The first-order valence-corrected chi connectivity index (χ1v) is 8.29. The Morgan fingerprint density at radius 1 is 0.647 bits per heavy atom. The molecule has 0 fully saturated rings. The van der Waals surface area contributed by atoms with Crippen LogP contribution in [-0.2, 0) is 11.2 Å². The molecule has 0 saturated heterocycles. The lowest BCUT2D eigenvalue weighted by Gasteiger charge is -2.41. The SMILES string of the molecule is O=C(NCCc1ccc(O)cc1)C(F)(F)C(F)(F)C(F)(F)C(F)(F)C(F)(F)C(F)(F)C(F)(F)F. The number of carbonyl (C=O) groups excluding carboxylic acids is 1. The number of phenols is 1. The van der Waals surface area contributed by atoms with Gasteiger partial charge in [-0.3, -0.25) is 4.79 Å². The number of nitrogens with one attached hydrogen (secondary N) is 1. The zero-order chi connectivity index (χ0) is 27.2. The molecule has 1 rings (SSSR count). The highest BCUT2D eigenvalue weighted by molar-refractivity contribution is 5.84. The van der Waals surface area contributed by atoms with E-state index in [-0.39, 0.29) is 11.3 Å². The number of halogens is 15. The lowest BCUT2D eigenvalue weighted by molar-refractivity contribution is -0.449. The van der Waals surface area contributed by atoms with E-state index in [1.807, 2.05) is 0 Å². The van der Waals surface area contributed by atoms with E-state index in [9.17, 15) is 70.7 Å². The fourth-order valence-corrected chi connectivity index (χ4v) is 2.20. The van der Waals surface area contributed by atoms with Gasteiger partial charge >= 0.3 is 41.7 Å². The normalized spacial score (nSPS) is 14.8. The Balaban J connectivity index is 3.23. The minimum atomic E-state index is -8.45. The number of carbonyl (C=O) groups is 1. The van der Waals surface area contributed by atoms with Crippen molar-refractivity contribution in [3.8, 4) is 5.75 Å². The molecule has 0 saturated carbocycles. The molecule has 0 aliphatic heterocycles. The Labute approximate surface area is 178 Å². The first-order valence-electron chi connectivity index (χ1n) is 8.29. The quantitative estimate of drug-likeness (QED) is 0.417. The summed E-state index contributed by atoms with van der Waals surface area (Å²) in [5.41, 5.74) is 0.110. The fourth-order valence-electron chi connectivity index (χ4n) is 2.20. The molecule has 0 unspecified atom stereocenters. The van der Waals surface area contributed by atoms with E-state index in [0.29, 0.717) is 0 Å². The number of amides is 1. The molecule has 2 N–H and O–H groups in total. The highest BCUT2D eigenvalue weighted by Crippen LogP contribution is 2.62. The van der Waals surface area contributed by atoms with E-state index in [1.54, 1.807) is 0 Å². The van der Waals surface area contributed by atoms with E-state index >= 15 is 0 Å². The molecule has 0 heterocycles. The number of benzene rings is 1. The van der Waals surface area contributed by atoms with Gasteiger partial charge in [0.1, 0.15) is 5.75 Å². The summed E-state index contributed by atoms with van der Waals surface area (Å²) in [6.45, 7) is -1.08. The molecule has 0 aliphatic rings. The summed E-state index contributed by atoms with van der Waals surface area (Å²) in [7, 11) is 0.